The zero-order chi connectivity index (χ0) is 23.2. The second-order valence-corrected chi connectivity index (χ2v) is 8.88. The summed E-state index contributed by atoms with van der Waals surface area (Å²) in [6.45, 7) is 0. The highest BCUT2D eigenvalue weighted by atomic mass is 15.0. The molecule has 0 unspecified atom stereocenters. The molecule has 0 aliphatic heterocycles. The van der Waals surface area contributed by atoms with Crippen LogP contribution in [0.3, 0.4) is 0 Å². The fraction of sp³-hybridized carbons (Fsp3) is 0. The zero-order valence-corrected chi connectivity index (χ0v) is 19.1. The lowest BCUT2D eigenvalue weighted by molar-refractivity contribution is 1.19. The van der Waals surface area contributed by atoms with Crippen LogP contribution in [0.15, 0.2) is 134 Å². The van der Waals surface area contributed by atoms with Crippen molar-refractivity contribution in [3.05, 3.63) is 134 Å². The lowest BCUT2D eigenvalue weighted by atomic mass is 9.98. The van der Waals surface area contributed by atoms with E-state index in [0.29, 0.717) is 0 Å². The van der Waals surface area contributed by atoms with Crippen LogP contribution in [-0.2, 0) is 0 Å². The molecule has 0 radical (unpaired) electrons. The summed E-state index contributed by atoms with van der Waals surface area (Å²) in [6.07, 6.45) is 1.84. The first-order valence-corrected chi connectivity index (χ1v) is 11.9. The molecule has 2 nitrogen and oxygen atoms in total. The molecule has 0 N–H and O–H groups in total. The SMILES string of the molecule is c1ccc(-n2c3ccccc3c3ccc4cc(-c5ccc(-c6ccccn6)cc5)ccc4c32)cc1. The summed E-state index contributed by atoms with van der Waals surface area (Å²) in [4.78, 5) is 4.47. The molecule has 5 aromatic carbocycles. The van der Waals surface area contributed by atoms with E-state index in [1.54, 1.807) is 0 Å². The Balaban J connectivity index is 1.41. The molecule has 0 spiro atoms. The number of pyridine rings is 1. The molecule has 0 aliphatic rings. The first-order chi connectivity index (χ1) is 17.4. The predicted octanol–water partition coefficient (Wildman–Crippen LogP) is 8.67. The Morgan fingerprint density at radius 2 is 1.20 bits per heavy atom. The number of nitrogens with zero attached hydrogens (tertiary/aromatic N) is 2. The van der Waals surface area contributed by atoms with E-state index in [2.05, 4.69) is 119 Å². The van der Waals surface area contributed by atoms with Crippen LogP contribution in [0.4, 0.5) is 0 Å². The summed E-state index contributed by atoms with van der Waals surface area (Å²) in [5.74, 6) is 0. The van der Waals surface area contributed by atoms with Gasteiger partial charge in [-0.25, -0.2) is 0 Å². The molecule has 2 aromatic heterocycles. The van der Waals surface area contributed by atoms with Crippen molar-refractivity contribution in [2.75, 3.05) is 0 Å². The van der Waals surface area contributed by atoms with Crippen molar-refractivity contribution in [1.29, 1.82) is 0 Å². The van der Waals surface area contributed by atoms with E-state index in [1.807, 2.05) is 24.4 Å². The molecule has 35 heavy (non-hydrogen) atoms. The van der Waals surface area contributed by atoms with Crippen molar-refractivity contribution < 1.29 is 0 Å². The minimum absolute atomic E-state index is 0.994. The van der Waals surface area contributed by atoms with Gasteiger partial charge in [0.05, 0.1) is 16.7 Å². The van der Waals surface area contributed by atoms with Gasteiger partial charge in [-0.15, -0.1) is 0 Å². The Kier molecular flexibility index (Phi) is 4.49. The fourth-order valence-electron chi connectivity index (χ4n) is 5.18. The molecule has 7 rings (SSSR count). The van der Waals surface area contributed by atoms with Gasteiger partial charge in [-0.2, -0.15) is 0 Å². The maximum atomic E-state index is 4.47. The van der Waals surface area contributed by atoms with Gasteiger partial charge in [0.2, 0.25) is 0 Å². The zero-order valence-electron chi connectivity index (χ0n) is 19.1. The first-order valence-electron chi connectivity index (χ1n) is 11.9. The van der Waals surface area contributed by atoms with E-state index in [1.165, 1.54) is 49.4 Å². The van der Waals surface area contributed by atoms with Crippen LogP contribution in [0.1, 0.15) is 0 Å². The van der Waals surface area contributed by atoms with E-state index >= 15 is 0 Å². The van der Waals surface area contributed by atoms with Crippen LogP contribution >= 0.6 is 0 Å². The van der Waals surface area contributed by atoms with E-state index in [-0.39, 0.29) is 0 Å². The minimum Gasteiger partial charge on any atom is -0.309 e. The first kappa shape index (κ1) is 19.7. The van der Waals surface area contributed by atoms with Crippen LogP contribution in [0.25, 0.3) is 60.6 Å². The molecule has 2 heterocycles. The van der Waals surface area contributed by atoms with Crippen molar-refractivity contribution in [1.82, 2.24) is 9.55 Å². The van der Waals surface area contributed by atoms with Crippen molar-refractivity contribution >= 4 is 32.6 Å². The smallest absolute Gasteiger partial charge is 0.0701 e. The average Bonchev–Trinajstić information content (AvgIpc) is 3.29. The number of fused-ring (bicyclic) bond motifs is 5. The number of aromatic nitrogens is 2. The summed E-state index contributed by atoms with van der Waals surface area (Å²) in [7, 11) is 0. The second kappa shape index (κ2) is 7.96. The Morgan fingerprint density at radius 3 is 2.03 bits per heavy atom. The summed E-state index contributed by atoms with van der Waals surface area (Å²) in [6, 6.07) is 45.4. The maximum absolute atomic E-state index is 4.47. The summed E-state index contributed by atoms with van der Waals surface area (Å²) in [5.41, 5.74) is 8.21. The second-order valence-electron chi connectivity index (χ2n) is 8.88. The lowest BCUT2D eigenvalue weighted by Crippen LogP contribution is -1.94. The molecule has 164 valence electrons. The van der Waals surface area contributed by atoms with Gasteiger partial charge in [0.15, 0.2) is 0 Å². The van der Waals surface area contributed by atoms with Gasteiger partial charge in [0, 0.05) is 33.6 Å². The normalized spacial score (nSPS) is 11.4. The van der Waals surface area contributed by atoms with Crippen molar-refractivity contribution in [3.8, 4) is 28.1 Å². The molecular weight excluding hydrogens is 424 g/mol. The van der Waals surface area contributed by atoms with Gasteiger partial charge in [0.25, 0.3) is 0 Å². The highest BCUT2D eigenvalue weighted by molar-refractivity contribution is 6.18. The molecule has 0 aliphatic carbocycles. The van der Waals surface area contributed by atoms with E-state index in [9.17, 15) is 0 Å². The molecule has 0 atom stereocenters. The Morgan fingerprint density at radius 1 is 0.486 bits per heavy atom. The quantitative estimate of drug-likeness (QED) is 0.265. The van der Waals surface area contributed by atoms with E-state index < -0.39 is 0 Å². The summed E-state index contributed by atoms with van der Waals surface area (Å²) in [5, 5.41) is 5.06. The number of para-hydroxylation sites is 2. The third-order valence-corrected chi connectivity index (χ3v) is 6.84. The van der Waals surface area contributed by atoms with Gasteiger partial charge in [-0.3, -0.25) is 4.98 Å². The third kappa shape index (κ3) is 3.23. The predicted molar refractivity (Wildman–Crippen MR) is 147 cm³/mol. The third-order valence-electron chi connectivity index (χ3n) is 6.84. The van der Waals surface area contributed by atoms with Gasteiger partial charge in [-0.05, 0) is 52.9 Å². The standard InChI is InChI=1S/C33H22N2/c1-2-8-27(9-3-1)35-32-12-5-4-10-29(32)30-20-18-26-22-25(17-19-28(26)33(30)35)23-13-15-24(16-14-23)31-11-6-7-21-34-31/h1-22H. The average molecular weight is 447 g/mol. The van der Waals surface area contributed by atoms with Gasteiger partial charge >= 0.3 is 0 Å². The van der Waals surface area contributed by atoms with Gasteiger partial charge in [-0.1, -0.05) is 91.0 Å². The fourth-order valence-corrected chi connectivity index (χ4v) is 5.18. The summed E-state index contributed by atoms with van der Waals surface area (Å²) >= 11 is 0. The number of benzene rings is 5. The molecule has 0 bridgehead atoms. The molecule has 2 heteroatoms. The number of hydrogen-bond donors (Lipinski definition) is 0. The molecule has 0 amide bonds. The minimum atomic E-state index is 0.994. The number of rotatable bonds is 3. The topological polar surface area (TPSA) is 17.8 Å². The van der Waals surface area contributed by atoms with Crippen LogP contribution in [0.5, 0.6) is 0 Å². The Labute approximate surface area is 203 Å². The Bertz CT molecular complexity index is 1810. The molecular formula is C33H22N2. The highest BCUT2D eigenvalue weighted by Gasteiger charge is 2.15. The molecule has 0 saturated heterocycles. The monoisotopic (exact) mass is 446 g/mol. The van der Waals surface area contributed by atoms with Gasteiger partial charge < -0.3 is 4.57 Å². The summed E-state index contributed by atoms with van der Waals surface area (Å²) < 4.78 is 2.40. The Hall–Kier alpha value is -4.69. The van der Waals surface area contributed by atoms with E-state index in [4.69, 9.17) is 0 Å². The molecule has 7 aromatic rings. The van der Waals surface area contributed by atoms with Crippen LogP contribution in [-0.4, -0.2) is 9.55 Å². The molecule has 0 fully saturated rings. The lowest BCUT2D eigenvalue weighted by Gasteiger charge is -2.11. The van der Waals surface area contributed by atoms with Crippen LogP contribution in [0, 0.1) is 0 Å². The van der Waals surface area contributed by atoms with Gasteiger partial charge in [0.1, 0.15) is 0 Å². The maximum Gasteiger partial charge on any atom is 0.0701 e. The highest BCUT2D eigenvalue weighted by Crippen LogP contribution is 2.37. The van der Waals surface area contributed by atoms with Crippen molar-refractivity contribution in [2.24, 2.45) is 0 Å². The molecule has 0 saturated carbocycles. The van der Waals surface area contributed by atoms with Crippen molar-refractivity contribution in [2.45, 2.75) is 0 Å². The number of hydrogen-bond acceptors (Lipinski definition) is 1. The van der Waals surface area contributed by atoms with Crippen LogP contribution < -0.4 is 0 Å². The van der Waals surface area contributed by atoms with Crippen molar-refractivity contribution in [3.63, 3.8) is 0 Å². The van der Waals surface area contributed by atoms with E-state index in [0.717, 1.165) is 11.3 Å². The van der Waals surface area contributed by atoms with Crippen LogP contribution in [0.2, 0.25) is 0 Å². The largest absolute Gasteiger partial charge is 0.309 e.